The van der Waals surface area contributed by atoms with Crippen molar-refractivity contribution in [1.82, 2.24) is 0 Å². The average Bonchev–Trinajstić information content (AvgIpc) is 2.48. The van der Waals surface area contributed by atoms with Crippen molar-refractivity contribution in [2.45, 2.75) is 115 Å². The topological polar surface area (TPSA) is 77.4 Å². The molecule has 0 aliphatic heterocycles. The van der Waals surface area contributed by atoms with E-state index >= 15 is 0 Å². The standard InChI is InChI=1S/C18H38O4S.Na/c1-3-5-7-8-9-11-15-18(23(20,21)22)16-12-14-17(19)13-10-6-4-2;/h17-19H,3-16H2,1-2H3,(H,20,21,22);/q;+1/p-1. The van der Waals surface area contributed by atoms with Crippen LogP contribution in [0.4, 0.5) is 0 Å². The molecular formula is C18H37NaO4S. The number of aliphatic hydroxyl groups is 1. The van der Waals surface area contributed by atoms with E-state index in [0.717, 1.165) is 44.9 Å². The van der Waals surface area contributed by atoms with Crippen LogP contribution in [0, 0.1) is 0 Å². The fraction of sp³-hybridized carbons (Fsp3) is 1.00. The fourth-order valence-corrected chi connectivity index (χ4v) is 3.85. The van der Waals surface area contributed by atoms with Crippen LogP contribution in [0.25, 0.3) is 0 Å². The van der Waals surface area contributed by atoms with Crippen molar-refractivity contribution in [1.29, 1.82) is 0 Å². The van der Waals surface area contributed by atoms with Crippen molar-refractivity contribution in [2.75, 3.05) is 0 Å². The second-order valence-corrected chi connectivity index (χ2v) is 8.40. The number of unbranched alkanes of at least 4 members (excludes halogenated alkanes) is 7. The Morgan fingerprint density at radius 3 is 1.75 bits per heavy atom. The first-order valence-corrected chi connectivity index (χ1v) is 11.0. The van der Waals surface area contributed by atoms with Gasteiger partial charge in [-0.2, -0.15) is 0 Å². The van der Waals surface area contributed by atoms with E-state index in [1.807, 2.05) is 0 Å². The largest absolute Gasteiger partial charge is 1.00 e. The van der Waals surface area contributed by atoms with Crippen LogP contribution in [0.5, 0.6) is 0 Å². The van der Waals surface area contributed by atoms with Crippen LogP contribution in [0.2, 0.25) is 0 Å². The summed E-state index contributed by atoms with van der Waals surface area (Å²) in [6.45, 7) is 4.29. The first kappa shape index (κ1) is 27.1. The quantitative estimate of drug-likeness (QED) is 0.254. The molecule has 0 aliphatic rings. The van der Waals surface area contributed by atoms with E-state index in [1.165, 1.54) is 19.3 Å². The fourth-order valence-electron chi connectivity index (χ4n) is 2.94. The Balaban J connectivity index is 0. The van der Waals surface area contributed by atoms with E-state index in [4.69, 9.17) is 0 Å². The molecular weight excluding hydrogens is 335 g/mol. The van der Waals surface area contributed by atoms with E-state index in [1.54, 1.807) is 0 Å². The summed E-state index contributed by atoms with van der Waals surface area (Å²) in [4.78, 5) is 0. The van der Waals surface area contributed by atoms with Gasteiger partial charge in [-0.05, 0) is 32.1 Å². The van der Waals surface area contributed by atoms with Gasteiger partial charge in [-0.25, -0.2) is 8.42 Å². The van der Waals surface area contributed by atoms with Gasteiger partial charge in [0.15, 0.2) is 0 Å². The van der Waals surface area contributed by atoms with Crippen LogP contribution in [-0.4, -0.2) is 29.4 Å². The van der Waals surface area contributed by atoms with E-state index in [-0.39, 0.29) is 35.7 Å². The summed E-state index contributed by atoms with van der Waals surface area (Å²) >= 11 is 0. The molecule has 0 aromatic heterocycles. The Hall–Kier alpha value is 0.870. The molecule has 0 aliphatic carbocycles. The first-order chi connectivity index (χ1) is 10.9. The molecule has 140 valence electrons. The summed E-state index contributed by atoms with van der Waals surface area (Å²) in [5.74, 6) is 0. The Bertz CT molecular complexity index is 360. The van der Waals surface area contributed by atoms with Gasteiger partial charge in [-0.3, -0.25) is 0 Å². The van der Waals surface area contributed by atoms with Gasteiger partial charge in [0.2, 0.25) is 0 Å². The predicted octanol–water partition coefficient (Wildman–Crippen LogP) is 1.77. The third-order valence-corrected chi connectivity index (χ3v) is 5.78. The summed E-state index contributed by atoms with van der Waals surface area (Å²) in [5.41, 5.74) is 0. The van der Waals surface area contributed by atoms with Gasteiger partial charge < -0.3 is 9.66 Å². The molecule has 0 bridgehead atoms. The van der Waals surface area contributed by atoms with Crippen LogP contribution in [0.3, 0.4) is 0 Å². The van der Waals surface area contributed by atoms with Crippen molar-refractivity contribution in [2.24, 2.45) is 0 Å². The summed E-state index contributed by atoms with van der Waals surface area (Å²) in [5, 5.41) is 9.09. The Morgan fingerprint density at radius 1 is 0.750 bits per heavy atom. The van der Waals surface area contributed by atoms with Crippen molar-refractivity contribution in [3.05, 3.63) is 0 Å². The monoisotopic (exact) mass is 372 g/mol. The van der Waals surface area contributed by atoms with Gasteiger partial charge >= 0.3 is 29.6 Å². The molecule has 0 saturated heterocycles. The third-order valence-electron chi connectivity index (χ3n) is 4.49. The van der Waals surface area contributed by atoms with Crippen molar-refractivity contribution < 1.29 is 47.6 Å². The van der Waals surface area contributed by atoms with Crippen molar-refractivity contribution in [3.63, 3.8) is 0 Å². The van der Waals surface area contributed by atoms with E-state index < -0.39 is 15.4 Å². The van der Waals surface area contributed by atoms with E-state index in [9.17, 15) is 18.1 Å². The van der Waals surface area contributed by atoms with Crippen LogP contribution < -0.4 is 29.6 Å². The SMILES string of the molecule is CCCCCCCCC(CCCC(O)CCCCC)S(=O)(=O)[O-].[Na+]. The summed E-state index contributed by atoms with van der Waals surface area (Å²) in [6.07, 6.45) is 12.3. The zero-order valence-electron chi connectivity index (χ0n) is 16.1. The zero-order valence-corrected chi connectivity index (χ0v) is 19.0. The van der Waals surface area contributed by atoms with Crippen LogP contribution in [0.1, 0.15) is 104 Å². The molecule has 24 heavy (non-hydrogen) atoms. The maximum absolute atomic E-state index is 11.4. The van der Waals surface area contributed by atoms with Crippen LogP contribution in [-0.2, 0) is 10.1 Å². The maximum atomic E-state index is 11.4. The average molecular weight is 373 g/mol. The Labute approximate surface area is 172 Å². The molecule has 4 nitrogen and oxygen atoms in total. The van der Waals surface area contributed by atoms with Gasteiger partial charge in [0.1, 0.15) is 0 Å². The summed E-state index contributed by atoms with van der Waals surface area (Å²) in [7, 11) is -4.21. The zero-order chi connectivity index (χ0) is 17.6. The maximum Gasteiger partial charge on any atom is 1.00 e. The summed E-state index contributed by atoms with van der Waals surface area (Å²) in [6, 6.07) is 0. The molecule has 1 N–H and O–H groups in total. The smallest absolute Gasteiger partial charge is 0.748 e. The predicted molar refractivity (Wildman–Crippen MR) is 95.5 cm³/mol. The Kier molecular flexibility index (Phi) is 19.5. The van der Waals surface area contributed by atoms with Gasteiger partial charge in [0.05, 0.1) is 16.2 Å². The van der Waals surface area contributed by atoms with E-state index in [2.05, 4.69) is 13.8 Å². The molecule has 2 unspecified atom stereocenters. The van der Waals surface area contributed by atoms with Gasteiger partial charge in [-0.1, -0.05) is 71.6 Å². The van der Waals surface area contributed by atoms with Gasteiger partial charge in [0.25, 0.3) is 0 Å². The van der Waals surface area contributed by atoms with E-state index in [0.29, 0.717) is 25.7 Å². The third kappa shape index (κ3) is 16.3. The number of hydrogen-bond acceptors (Lipinski definition) is 4. The number of rotatable bonds is 16. The second-order valence-electron chi connectivity index (χ2n) is 6.75. The molecule has 6 heteroatoms. The van der Waals surface area contributed by atoms with Crippen molar-refractivity contribution in [3.8, 4) is 0 Å². The summed E-state index contributed by atoms with van der Waals surface area (Å²) < 4.78 is 34.1. The number of hydrogen-bond donors (Lipinski definition) is 1. The minimum Gasteiger partial charge on any atom is -0.748 e. The van der Waals surface area contributed by atoms with Gasteiger partial charge in [-0.15, -0.1) is 0 Å². The molecule has 0 spiro atoms. The normalized spacial score (nSPS) is 14.2. The second kappa shape index (κ2) is 17.3. The molecule has 0 aromatic rings. The molecule has 0 radical (unpaired) electrons. The Morgan fingerprint density at radius 2 is 1.17 bits per heavy atom. The molecule has 0 amide bonds. The molecule has 0 fully saturated rings. The molecule has 0 rings (SSSR count). The minimum absolute atomic E-state index is 0. The number of aliphatic hydroxyl groups excluding tert-OH is 1. The van der Waals surface area contributed by atoms with Crippen molar-refractivity contribution >= 4 is 10.1 Å². The minimum atomic E-state index is -4.21. The van der Waals surface area contributed by atoms with Crippen LogP contribution in [0.15, 0.2) is 0 Å². The van der Waals surface area contributed by atoms with Gasteiger partial charge in [0, 0.05) is 5.25 Å². The molecule has 0 heterocycles. The molecule has 0 saturated carbocycles. The first-order valence-electron chi connectivity index (χ1n) is 9.54. The molecule has 2 atom stereocenters. The molecule has 0 aromatic carbocycles. The van der Waals surface area contributed by atoms with Crippen LogP contribution >= 0.6 is 0 Å².